The van der Waals surface area contributed by atoms with Crippen molar-refractivity contribution in [3.05, 3.63) is 128 Å². The largest absolute Gasteiger partial charge is 0.497 e. The minimum Gasteiger partial charge on any atom is -0.497 e. The number of aryl methyl sites for hydroxylation is 2. The van der Waals surface area contributed by atoms with E-state index in [1.165, 1.54) is 6.08 Å². The monoisotopic (exact) mass is 720 g/mol. The lowest BCUT2D eigenvalue weighted by atomic mass is 9.84. The summed E-state index contributed by atoms with van der Waals surface area (Å²) in [5.74, 6) is 2.00. The second-order valence-corrected chi connectivity index (χ2v) is 12.1. The molecule has 0 spiro atoms. The summed E-state index contributed by atoms with van der Waals surface area (Å²) in [6.45, 7) is 7.63. The fourth-order valence-electron chi connectivity index (χ4n) is 5.50. The molecular weight excluding hydrogens is 680 g/mol. The molecular formula is C41H40N2O10. The van der Waals surface area contributed by atoms with Gasteiger partial charge in [0, 0.05) is 47.7 Å². The number of methoxy groups -OCH3 is 4. The Hall–Kier alpha value is -6.43. The van der Waals surface area contributed by atoms with Crippen molar-refractivity contribution in [2.45, 2.75) is 40.7 Å². The number of carbonyl (C=O) groups excluding carboxylic acids is 5. The fourth-order valence-corrected chi connectivity index (χ4v) is 5.50. The van der Waals surface area contributed by atoms with Crippen LogP contribution in [0.3, 0.4) is 0 Å². The molecule has 4 aromatic rings. The summed E-state index contributed by atoms with van der Waals surface area (Å²) in [7, 11) is 6.28. The van der Waals surface area contributed by atoms with Gasteiger partial charge in [0.1, 0.15) is 41.0 Å². The van der Waals surface area contributed by atoms with Gasteiger partial charge < -0.3 is 23.7 Å². The standard InChI is InChI=1S/C20H19NO4.C11H9NO2.C10H12O4/c1-11-5-17-18(21-10-11)19(22)12(2)16(20(17)23)8-13-6-14(24-3)9-15(7-13)25-4;1-6-3-8-9(13)4-7(2)11(14)10(8)12-5-6;1-12-9-3-8(6-14-7-11)4-10(5-9)13-2/h5-7,9-10H,8H2,1-4H3;3-5H,1-2H3;3-5,7H,6H2,1-2H3. The summed E-state index contributed by atoms with van der Waals surface area (Å²) in [5, 5.41) is 0. The van der Waals surface area contributed by atoms with Gasteiger partial charge in [0.2, 0.25) is 11.6 Å². The molecule has 53 heavy (non-hydrogen) atoms. The Bertz CT molecular complexity index is 2100. The van der Waals surface area contributed by atoms with Crippen molar-refractivity contribution in [1.29, 1.82) is 0 Å². The highest BCUT2D eigenvalue weighted by atomic mass is 16.5. The number of pyridine rings is 2. The molecule has 2 aliphatic rings. The number of benzene rings is 2. The van der Waals surface area contributed by atoms with Gasteiger partial charge in [-0.15, -0.1) is 0 Å². The van der Waals surface area contributed by atoms with E-state index >= 15 is 0 Å². The number of fused-ring (bicyclic) bond motifs is 2. The van der Waals surface area contributed by atoms with Gasteiger partial charge in [-0.1, -0.05) is 0 Å². The molecule has 0 bridgehead atoms. The van der Waals surface area contributed by atoms with Crippen molar-refractivity contribution >= 4 is 29.6 Å². The number of ether oxygens (including phenoxy) is 5. The van der Waals surface area contributed by atoms with Crippen molar-refractivity contribution in [3.63, 3.8) is 0 Å². The third-order valence-electron chi connectivity index (χ3n) is 8.28. The SMILES string of the molecule is CC1=CC(=O)c2cc(C)cnc2C1=O.COc1cc(CC2=C(C)C(=O)c3ncc(C)cc3C2=O)cc(OC)c1.COc1cc(COC=O)cc(OC)c1. The summed E-state index contributed by atoms with van der Waals surface area (Å²) in [5.41, 5.74) is 6.10. The second kappa shape index (κ2) is 17.7. The van der Waals surface area contributed by atoms with E-state index in [0.717, 1.165) is 22.3 Å². The maximum Gasteiger partial charge on any atom is 0.293 e. The molecule has 0 atom stereocenters. The van der Waals surface area contributed by atoms with Crippen LogP contribution in [0, 0.1) is 13.8 Å². The van der Waals surface area contributed by atoms with Gasteiger partial charge in [-0.25, -0.2) is 0 Å². The van der Waals surface area contributed by atoms with E-state index in [1.54, 1.807) is 91.1 Å². The lowest BCUT2D eigenvalue weighted by Crippen LogP contribution is -2.23. The van der Waals surface area contributed by atoms with Gasteiger partial charge >= 0.3 is 0 Å². The first kappa shape index (κ1) is 39.4. The van der Waals surface area contributed by atoms with Gasteiger partial charge in [0.25, 0.3) is 6.47 Å². The Morgan fingerprint density at radius 2 is 1.06 bits per heavy atom. The van der Waals surface area contributed by atoms with Crippen LogP contribution in [0.1, 0.15) is 77.8 Å². The maximum atomic E-state index is 12.9. The number of rotatable bonds is 9. The first-order valence-electron chi connectivity index (χ1n) is 16.3. The van der Waals surface area contributed by atoms with Crippen LogP contribution < -0.4 is 18.9 Å². The molecule has 0 N–H and O–H groups in total. The van der Waals surface area contributed by atoms with Crippen LogP contribution in [0.25, 0.3) is 0 Å². The average molecular weight is 721 g/mol. The number of hydrogen-bond donors (Lipinski definition) is 0. The van der Waals surface area contributed by atoms with Crippen LogP contribution in [0.4, 0.5) is 0 Å². The smallest absolute Gasteiger partial charge is 0.293 e. The minimum atomic E-state index is -0.195. The molecule has 274 valence electrons. The predicted octanol–water partition coefficient (Wildman–Crippen LogP) is 6.44. The van der Waals surface area contributed by atoms with Crippen molar-refractivity contribution in [2.75, 3.05) is 28.4 Å². The minimum absolute atomic E-state index is 0.131. The molecule has 6 rings (SSSR count). The number of Topliss-reactive ketones (excluding diaryl/α,β-unsaturated/α-hetero) is 3. The first-order valence-corrected chi connectivity index (χ1v) is 16.3. The fraction of sp³-hybridized carbons (Fsp3) is 0.244. The number of carbonyl (C=O) groups is 5. The molecule has 2 aromatic carbocycles. The van der Waals surface area contributed by atoms with Crippen LogP contribution in [-0.2, 0) is 22.6 Å². The van der Waals surface area contributed by atoms with Gasteiger partial charge in [-0.3, -0.25) is 33.9 Å². The summed E-state index contributed by atoms with van der Waals surface area (Å²) < 4.78 is 25.3. The molecule has 0 unspecified atom stereocenters. The molecule has 0 radical (unpaired) electrons. The van der Waals surface area contributed by atoms with E-state index < -0.39 is 0 Å². The molecule has 0 amide bonds. The Morgan fingerprint density at radius 1 is 0.585 bits per heavy atom. The summed E-state index contributed by atoms with van der Waals surface area (Å²) in [6.07, 6.45) is 4.90. The van der Waals surface area contributed by atoms with E-state index in [-0.39, 0.29) is 41.1 Å². The zero-order valence-electron chi connectivity index (χ0n) is 30.8. The number of ketones is 4. The molecule has 0 fully saturated rings. The maximum absolute atomic E-state index is 12.9. The Kier molecular flexibility index (Phi) is 13.1. The van der Waals surface area contributed by atoms with E-state index in [0.29, 0.717) is 63.7 Å². The third-order valence-corrected chi connectivity index (χ3v) is 8.28. The van der Waals surface area contributed by atoms with Crippen molar-refractivity contribution < 1.29 is 47.7 Å². The van der Waals surface area contributed by atoms with Gasteiger partial charge in [-0.05, 0) is 92.4 Å². The Labute approximate surface area is 307 Å². The van der Waals surface area contributed by atoms with Crippen LogP contribution in [0.15, 0.2) is 83.7 Å². The summed E-state index contributed by atoms with van der Waals surface area (Å²) in [6, 6.07) is 14.2. The first-order chi connectivity index (χ1) is 25.3. The van der Waals surface area contributed by atoms with E-state index in [4.69, 9.17) is 18.9 Å². The second-order valence-electron chi connectivity index (χ2n) is 12.1. The lowest BCUT2D eigenvalue weighted by Gasteiger charge is -2.19. The van der Waals surface area contributed by atoms with Crippen LogP contribution in [-0.4, -0.2) is 68.0 Å². The molecule has 12 nitrogen and oxygen atoms in total. The van der Waals surface area contributed by atoms with Gasteiger partial charge in [0.05, 0.1) is 39.6 Å². The summed E-state index contributed by atoms with van der Waals surface area (Å²) >= 11 is 0. The normalized spacial score (nSPS) is 12.9. The van der Waals surface area contributed by atoms with Crippen LogP contribution in [0.5, 0.6) is 23.0 Å². The summed E-state index contributed by atoms with van der Waals surface area (Å²) in [4.78, 5) is 66.8. The Morgan fingerprint density at radius 3 is 1.55 bits per heavy atom. The molecule has 0 aliphatic heterocycles. The zero-order valence-corrected chi connectivity index (χ0v) is 30.8. The number of allylic oxidation sites excluding steroid dienone is 4. The highest BCUT2D eigenvalue weighted by Gasteiger charge is 2.31. The van der Waals surface area contributed by atoms with E-state index in [9.17, 15) is 24.0 Å². The number of hydrogen-bond acceptors (Lipinski definition) is 12. The van der Waals surface area contributed by atoms with Crippen molar-refractivity contribution in [2.24, 2.45) is 0 Å². The van der Waals surface area contributed by atoms with E-state index in [2.05, 4.69) is 14.7 Å². The number of aromatic nitrogens is 2. The highest BCUT2D eigenvalue weighted by Crippen LogP contribution is 2.30. The topological polar surface area (TPSA) is 157 Å². The van der Waals surface area contributed by atoms with E-state index in [1.807, 2.05) is 26.0 Å². The molecule has 0 saturated carbocycles. The van der Waals surface area contributed by atoms with Gasteiger partial charge in [-0.2, -0.15) is 0 Å². The average Bonchev–Trinajstić information content (AvgIpc) is 3.17. The molecule has 2 aromatic heterocycles. The highest BCUT2D eigenvalue weighted by molar-refractivity contribution is 6.26. The molecule has 0 saturated heterocycles. The van der Waals surface area contributed by atoms with Crippen molar-refractivity contribution in [3.8, 4) is 23.0 Å². The number of nitrogens with zero attached hydrogens (tertiary/aromatic N) is 2. The van der Waals surface area contributed by atoms with Crippen LogP contribution in [0.2, 0.25) is 0 Å². The predicted molar refractivity (Wildman–Crippen MR) is 195 cm³/mol. The molecule has 2 aliphatic carbocycles. The lowest BCUT2D eigenvalue weighted by molar-refractivity contribution is -0.129. The zero-order chi connectivity index (χ0) is 38.8. The Balaban J connectivity index is 0.000000191. The third kappa shape index (κ3) is 9.47. The van der Waals surface area contributed by atoms with Crippen molar-refractivity contribution in [1.82, 2.24) is 9.97 Å². The quantitative estimate of drug-likeness (QED) is 0.175. The van der Waals surface area contributed by atoms with Crippen LogP contribution >= 0.6 is 0 Å². The molecule has 12 heteroatoms. The van der Waals surface area contributed by atoms with Gasteiger partial charge in [0.15, 0.2) is 11.6 Å². The molecule has 2 heterocycles.